The molecule has 31 heavy (non-hydrogen) atoms. The number of aromatic nitrogens is 2. The Morgan fingerprint density at radius 1 is 1.13 bits per heavy atom. The number of nitrogens with one attached hydrogen (secondary N) is 1. The fraction of sp³-hybridized carbons (Fsp3) is 0.292. The predicted octanol–water partition coefficient (Wildman–Crippen LogP) is 4.04. The van der Waals surface area contributed by atoms with Crippen molar-refractivity contribution in [2.45, 2.75) is 31.7 Å². The zero-order chi connectivity index (χ0) is 22.0. The van der Waals surface area contributed by atoms with Crippen molar-refractivity contribution >= 4 is 12.1 Å². The van der Waals surface area contributed by atoms with Crippen LogP contribution in [0.25, 0.3) is 11.1 Å². The van der Waals surface area contributed by atoms with Gasteiger partial charge in [-0.15, -0.1) is 0 Å². The van der Waals surface area contributed by atoms with E-state index in [9.17, 15) is 14.7 Å². The molecule has 1 amide bonds. The molecule has 0 radical (unpaired) electrons. The zero-order valence-electron chi connectivity index (χ0n) is 17.5. The van der Waals surface area contributed by atoms with Crippen LogP contribution in [-0.2, 0) is 23.0 Å². The number of aryl methyl sites for hydroxylation is 2. The Hall–Kier alpha value is -3.61. The van der Waals surface area contributed by atoms with Crippen molar-refractivity contribution in [2.24, 2.45) is 7.05 Å². The largest absolute Gasteiger partial charge is 0.481 e. The molecule has 2 aromatic carbocycles. The normalized spacial score (nSPS) is 13.4. The van der Waals surface area contributed by atoms with Gasteiger partial charge in [-0.3, -0.25) is 9.48 Å². The minimum atomic E-state index is -1.00. The first kappa shape index (κ1) is 20.7. The zero-order valence-corrected chi connectivity index (χ0v) is 17.5. The molecule has 0 saturated carbocycles. The second-order valence-electron chi connectivity index (χ2n) is 7.68. The van der Waals surface area contributed by atoms with Crippen LogP contribution in [0.5, 0.6) is 0 Å². The summed E-state index contributed by atoms with van der Waals surface area (Å²) < 4.78 is 7.21. The number of alkyl carbamates (subject to hydrolysis) is 1. The van der Waals surface area contributed by atoms with E-state index >= 15 is 0 Å². The average molecular weight is 419 g/mol. The number of hydrogen-bond acceptors (Lipinski definition) is 4. The van der Waals surface area contributed by atoms with Gasteiger partial charge in [0.05, 0.1) is 18.2 Å². The monoisotopic (exact) mass is 419 g/mol. The number of carbonyl (C=O) groups is 2. The third-order valence-corrected chi connectivity index (χ3v) is 5.66. The van der Waals surface area contributed by atoms with Gasteiger partial charge in [0.1, 0.15) is 6.61 Å². The van der Waals surface area contributed by atoms with Crippen LogP contribution in [-0.4, -0.2) is 33.6 Å². The molecule has 1 aliphatic rings. The van der Waals surface area contributed by atoms with Crippen molar-refractivity contribution in [1.82, 2.24) is 15.1 Å². The summed E-state index contributed by atoms with van der Waals surface area (Å²) in [4.78, 5) is 24.0. The SMILES string of the molecule is CCc1nn(C)cc1[C@@H](CC(=O)O)NC(=O)OCC1c2ccccc2-c2ccccc21. The number of carboxylic acids is 1. The van der Waals surface area contributed by atoms with E-state index in [1.807, 2.05) is 31.2 Å². The summed E-state index contributed by atoms with van der Waals surface area (Å²) in [6.45, 7) is 2.12. The lowest BCUT2D eigenvalue weighted by Crippen LogP contribution is -2.32. The van der Waals surface area contributed by atoms with Crippen LogP contribution in [0.1, 0.15) is 47.7 Å². The molecule has 4 rings (SSSR count). The van der Waals surface area contributed by atoms with Gasteiger partial charge in [-0.2, -0.15) is 5.10 Å². The second kappa shape index (κ2) is 8.63. The summed E-state index contributed by atoms with van der Waals surface area (Å²) in [6, 6.07) is 15.5. The number of fused-ring (bicyclic) bond motifs is 3. The highest BCUT2D eigenvalue weighted by Crippen LogP contribution is 2.44. The fourth-order valence-corrected chi connectivity index (χ4v) is 4.31. The number of rotatable bonds is 7. The topological polar surface area (TPSA) is 93.5 Å². The van der Waals surface area contributed by atoms with E-state index in [1.54, 1.807) is 17.9 Å². The van der Waals surface area contributed by atoms with E-state index in [0.29, 0.717) is 12.0 Å². The first-order valence-electron chi connectivity index (χ1n) is 10.3. The van der Waals surface area contributed by atoms with Crippen molar-refractivity contribution in [1.29, 1.82) is 0 Å². The molecule has 7 heteroatoms. The number of hydrogen-bond donors (Lipinski definition) is 2. The van der Waals surface area contributed by atoms with Crippen molar-refractivity contribution in [2.75, 3.05) is 6.61 Å². The molecule has 2 N–H and O–H groups in total. The molecule has 0 spiro atoms. The van der Waals surface area contributed by atoms with Gasteiger partial charge in [-0.05, 0) is 28.7 Å². The number of nitrogens with zero attached hydrogens (tertiary/aromatic N) is 2. The van der Waals surface area contributed by atoms with Gasteiger partial charge in [0, 0.05) is 24.7 Å². The second-order valence-corrected chi connectivity index (χ2v) is 7.68. The molecule has 0 bridgehead atoms. The van der Waals surface area contributed by atoms with Crippen LogP contribution < -0.4 is 5.32 Å². The number of benzene rings is 2. The molecular formula is C24H25N3O4. The standard InChI is InChI=1S/C24H25N3O4/c1-3-21-19(13-27(2)26-21)22(12-23(28)29)25-24(30)31-14-20-17-10-6-4-8-15(17)16-9-5-7-11-18(16)20/h4-11,13,20,22H,3,12,14H2,1-2H3,(H,25,30)(H,28,29)/t22-/m1/s1. The molecule has 0 fully saturated rings. The Balaban J connectivity index is 1.50. The lowest BCUT2D eigenvalue weighted by Gasteiger charge is -2.19. The Bertz CT molecular complexity index is 1080. The van der Waals surface area contributed by atoms with E-state index in [4.69, 9.17) is 4.74 Å². The maximum atomic E-state index is 12.6. The van der Waals surface area contributed by atoms with E-state index < -0.39 is 18.1 Å². The number of carbonyl (C=O) groups excluding carboxylic acids is 1. The molecule has 160 valence electrons. The third kappa shape index (κ3) is 4.17. The minimum absolute atomic E-state index is 0.0549. The van der Waals surface area contributed by atoms with Crippen molar-refractivity contribution < 1.29 is 19.4 Å². The fourth-order valence-electron chi connectivity index (χ4n) is 4.31. The number of ether oxygens (including phenoxy) is 1. The quantitative estimate of drug-likeness (QED) is 0.603. The smallest absolute Gasteiger partial charge is 0.407 e. The van der Waals surface area contributed by atoms with Crippen LogP contribution in [0.3, 0.4) is 0 Å². The van der Waals surface area contributed by atoms with E-state index in [1.165, 1.54) is 0 Å². The molecule has 1 aromatic heterocycles. The van der Waals surface area contributed by atoms with E-state index in [2.05, 4.69) is 34.7 Å². The van der Waals surface area contributed by atoms with Gasteiger partial charge in [-0.1, -0.05) is 55.5 Å². The summed E-state index contributed by atoms with van der Waals surface area (Å²) in [5.74, 6) is -1.06. The van der Waals surface area contributed by atoms with Crippen LogP contribution in [0.4, 0.5) is 4.79 Å². The molecule has 0 saturated heterocycles. The maximum absolute atomic E-state index is 12.6. The highest BCUT2D eigenvalue weighted by molar-refractivity contribution is 5.79. The average Bonchev–Trinajstić information content (AvgIpc) is 3.29. The highest BCUT2D eigenvalue weighted by atomic mass is 16.5. The first-order chi connectivity index (χ1) is 15.0. The molecule has 0 unspecified atom stereocenters. The van der Waals surface area contributed by atoms with Gasteiger partial charge in [0.2, 0.25) is 0 Å². The molecule has 0 aliphatic heterocycles. The molecule has 1 heterocycles. The van der Waals surface area contributed by atoms with Crippen molar-refractivity contribution in [3.05, 3.63) is 77.1 Å². The summed E-state index contributed by atoms with van der Waals surface area (Å²) in [5, 5.41) is 16.4. The summed E-state index contributed by atoms with van der Waals surface area (Å²) in [5.41, 5.74) is 6.00. The Morgan fingerprint density at radius 3 is 2.32 bits per heavy atom. The predicted molar refractivity (Wildman–Crippen MR) is 116 cm³/mol. The summed E-state index contributed by atoms with van der Waals surface area (Å²) in [7, 11) is 1.77. The minimum Gasteiger partial charge on any atom is -0.481 e. The van der Waals surface area contributed by atoms with Gasteiger partial charge in [-0.25, -0.2) is 4.79 Å². The Labute approximate surface area is 180 Å². The number of aliphatic carboxylic acids is 1. The van der Waals surface area contributed by atoms with Crippen molar-refractivity contribution in [3.8, 4) is 11.1 Å². The summed E-state index contributed by atoms with van der Waals surface area (Å²) in [6.07, 6.45) is 1.50. The van der Waals surface area contributed by atoms with Crippen LogP contribution in [0.2, 0.25) is 0 Å². The lowest BCUT2D eigenvalue weighted by molar-refractivity contribution is -0.137. The van der Waals surface area contributed by atoms with Crippen molar-refractivity contribution in [3.63, 3.8) is 0 Å². The van der Waals surface area contributed by atoms with Gasteiger partial charge >= 0.3 is 12.1 Å². The molecule has 3 aromatic rings. The number of carboxylic acid groups (broad SMARTS) is 1. The Kier molecular flexibility index (Phi) is 5.75. The lowest BCUT2D eigenvalue weighted by atomic mass is 9.98. The van der Waals surface area contributed by atoms with Gasteiger partial charge in [0.15, 0.2) is 0 Å². The Morgan fingerprint density at radius 2 is 1.74 bits per heavy atom. The van der Waals surface area contributed by atoms with Crippen LogP contribution in [0.15, 0.2) is 54.7 Å². The molecule has 1 aliphatic carbocycles. The maximum Gasteiger partial charge on any atom is 0.407 e. The van der Waals surface area contributed by atoms with Gasteiger partial charge in [0.25, 0.3) is 0 Å². The molecular weight excluding hydrogens is 394 g/mol. The first-order valence-corrected chi connectivity index (χ1v) is 10.3. The molecule has 1 atom stereocenters. The van der Waals surface area contributed by atoms with E-state index in [0.717, 1.165) is 27.9 Å². The number of amides is 1. The summed E-state index contributed by atoms with van der Waals surface area (Å²) >= 11 is 0. The highest BCUT2D eigenvalue weighted by Gasteiger charge is 2.30. The third-order valence-electron chi connectivity index (χ3n) is 5.66. The van der Waals surface area contributed by atoms with Gasteiger partial charge < -0.3 is 15.2 Å². The van der Waals surface area contributed by atoms with Crippen LogP contribution in [0, 0.1) is 0 Å². The van der Waals surface area contributed by atoms with Crippen LogP contribution >= 0.6 is 0 Å². The molecule has 7 nitrogen and oxygen atoms in total. The van der Waals surface area contributed by atoms with E-state index in [-0.39, 0.29) is 18.9 Å².